The second-order valence-corrected chi connectivity index (χ2v) is 3.41. The van der Waals surface area contributed by atoms with Crippen molar-refractivity contribution in [1.29, 1.82) is 0 Å². The Bertz CT molecular complexity index is 127. The van der Waals surface area contributed by atoms with Gasteiger partial charge in [0, 0.05) is 32.2 Å². The molecule has 1 atom stereocenters. The van der Waals surface area contributed by atoms with Crippen LogP contribution in [0.4, 0.5) is 0 Å². The number of nitrogens with two attached hydrogens (primary N) is 1. The lowest BCUT2D eigenvalue weighted by atomic mass is 10.1. The van der Waals surface area contributed by atoms with E-state index in [1.165, 1.54) is 13.1 Å². The number of nitrogens with zero attached hydrogens (tertiary/aromatic N) is 2. The summed E-state index contributed by atoms with van der Waals surface area (Å²) in [6.07, 6.45) is 0. The first-order chi connectivity index (χ1) is 5.81. The molecule has 1 saturated heterocycles. The van der Waals surface area contributed by atoms with Gasteiger partial charge in [0.15, 0.2) is 0 Å². The summed E-state index contributed by atoms with van der Waals surface area (Å²) in [7, 11) is 0. The number of rotatable bonds is 3. The van der Waals surface area contributed by atoms with Gasteiger partial charge in [-0.15, -0.1) is 0 Å². The SMILES string of the molecule is CCN1CCN(CC)C(CN)C1. The minimum Gasteiger partial charge on any atom is -0.329 e. The standard InChI is InChI=1S/C9H21N3/c1-3-11-5-6-12(4-2)9(7-10)8-11/h9H,3-8,10H2,1-2H3. The van der Waals surface area contributed by atoms with Crippen LogP contribution in [0.3, 0.4) is 0 Å². The quantitative estimate of drug-likeness (QED) is 0.647. The van der Waals surface area contributed by atoms with Crippen LogP contribution in [-0.4, -0.2) is 55.1 Å². The van der Waals surface area contributed by atoms with Crippen LogP contribution in [0, 0.1) is 0 Å². The Kier molecular flexibility index (Phi) is 3.98. The van der Waals surface area contributed by atoms with Gasteiger partial charge in [-0.25, -0.2) is 0 Å². The normalized spacial score (nSPS) is 27.8. The molecule has 0 saturated carbocycles. The maximum absolute atomic E-state index is 5.72. The number of hydrogen-bond acceptors (Lipinski definition) is 3. The zero-order chi connectivity index (χ0) is 8.97. The van der Waals surface area contributed by atoms with Crippen molar-refractivity contribution in [3.8, 4) is 0 Å². The van der Waals surface area contributed by atoms with E-state index in [0.717, 1.165) is 26.2 Å². The van der Waals surface area contributed by atoms with E-state index in [2.05, 4.69) is 23.6 Å². The first-order valence-corrected chi connectivity index (χ1v) is 4.98. The van der Waals surface area contributed by atoms with E-state index in [4.69, 9.17) is 5.73 Å². The summed E-state index contributed by atoms with van der Waals surface area (Å²) in [5.41, 5.74) is 5.72. The molecule has 0 radical (unpaired) electrons. The van der Waals surface area contributed by atoms with Gasteiger partial charge in [0.1, 0.15) is 0 Å². The van der Waals surface area contributed by atoms with E-state index >= 15 is 0 Å². The largest absolute Gasteiger partial charge is 0.329 e. The predicted molar refractivity (Wildman–Crippen MR) is 52.2 cm³/mol. The topological polar surface area (TPSA) is 32.5 Å². The third kappa shape index (κ3) is 2.19. The van der Waals surface area contributed by atoms with Crippen LogP contribution in [0.15, 0.2) is 0 Å². The van der Waals surface area contributed by atoms with Crippen molar-refractivity contribution in [3.63, 3.8) is 0 Å². The molecule has 0 aromatic heterocycles. The predicted octanol–water partition coefficient (Wildman–Crippen LogP) is -0.0289. The van der Waals surface area contributed by atoms with Gasteiger partial charge in [-0.2, -0.15) is 0 Å². The van der Waals surface area contributed by atoms with Gasteiger partial charge >= 0.3 is 0 Å². The summed E-state index contributed by atoms with van der Waals surface area (Å²) in [5.74, 6) is 0. The van der Waals surface area contributed by atoms with E-state index in [-0.39, 0.29) is 0 Å². The Hall–Kier alpha value is -0.120. The summed E-state index contributed by atoms with van der Waals surface area (Å²) >= 11 is 0. The number of piperazine rings is 1. The van der Waals surface area contributed by atoms with Crippen LogP contribution in [0.25, 0.3) is 0 Å². The molecular formula is C9H21N3. The molecule has 0 aromatic rings. The second kappa shape index (κ2) is 4.80. The fraction of sp³-hybridized carbons (Fsp3) is 1.00. The van der Waals surface area contributed by atoms with Crippen molar-refractivity contribution in [2.45, 2.75) is 19.9 Å². The number of likely N-dealkylation sites (N-methyl/N-ethyl adjacent to an activating group) is 2. The lowest BCUT2D eigenvalue weighted by molar-refractivity contribution is 0.0865. The highest BCUT2D eigenvalue weighted by atomic mass is 15.3. The molecule has 1 rings (SSSR count). The average molecular weight is 171 g/mol. The molecule has 1 aliphatic rings. The van der Waals surface area contributed by atoms with Crippen molar-refractivity contribution in [1.82, 2.24) is 9.80 Å². The first-order valence-electron chi connectivity index (χ1n) is 4.98. The molecule has 1 aliphatic heterocycles. The van der Waals surface area contributed by atoms with Gasteiger partial charge in [0.2, 0.25) is 0 Å². The molecule has 1 heterocycles. The monoisotopic (exact) mass is 171 g/mol. The zero-order valence-corrected chi connectivity index (χ0v) is 8.29. The second-order valence-electron chi connectivity index (χ2n) is 3.41. The van der Waals surface area contributed by atoms with Crippen molar-refractivity contribution in [3.05, 3.63) is 0 Å². The summed E-state index contributed by atoms with van der Waals surface area (Å²) in [6, 6.07) is 0.587. The highest BCUT2D eigenvalue weighted by molar-refractivity contribution is 4.81. The van der Waals surface area contributed by atoms with Gasteiger partial charge < -0.3 is 10.6 Å². The molecule has 1 unspecified atom stereocenters. The van der Waals surface area contributed by atoms with E-state index in [9.17, 15) is 0 Å². The minimum absolute atomic E-state index is 0.587. The average Bonchev–Trinajstić information content (AvgIpc) is 2.16. The Morgan fingerprint density at radius 2 is 2.00 bits per heavy atom. The summed E-state index contributed by atoms with van der Waals surface area (Å²) in [6.45, 7) is 11.1. The molecule has 2 N–H and O–H groups in total. The van der Waals surface area contributed by atoms with Gasteiger partial charge in [0.05, 0.1) is 0 Å². The third-order valence-corrected chi connectivity index (χ3v) is 2.81. The van der Waals surface area contributed by atoms with Crippen LogP contribution in [-0.2, 0) is 0 Å². The Morgan fingerprint density at radius 3 is 2.50 bits per heavy atom. The number of hydrogen-bond donors (Lipinski definition) is 1. The third-order valence-electron chi connectivity index (χ3n) is 2.81. The molecule has 1 fully saturated rings. The van der Waals surface area contributed by atoms with Crippen molar-refractivity contribution in [2.75, 3.05) is 39.3 Å². The molecule has 0 spiro atoms. The lowest BCUT2D eigenvalue weighted by Crippen LogP contribution is -2.55. The van der Waals surface area contributed by atoms with Gasteiger partial charge in [0.25, 0.3) is 0 Å². The van der Waals surface area contributed by atoms with Crippen molar-refractivity contribution in [2.24, 2.45) is 5.73 Å². The summed E-state index contributed by atoms with van der Waals surface area (Å²) < 4.78 is 0. The first kappa shape index (κ1) is 9.96. The smallest absolute Gasteiger partial charge is 0.0346 e. The molecule has 0 aromatic carbocycles. The van der Waals surface area contributed by atoms with Crippen LogP contribution < -0.4 is 5.73 Å². The Balaban J connectivity index is 2.41. The molecule has 0 amide bonds. The van der Waals surface area contributed by atoms with Crippen LogP contribution in [0.1, 0.15) is 13.8 Å². The zero-order valence-electron chi connectivity index (χ0n) is 8.29. The fourth-order valence-corrected chi connectivity index (χ4v) is 1.88. The van der Waals surface area contributed by atoms with Crippen molar-refractivity contribution < 1.29 is 0 Å². The van der Waals surface area contributed by atoms with E-state index in [1.54, 1.807) is 0 Å². The van der Waals surface area contributed by atoms with E-state index in [1.807, 2.05) is 0 Å². The molecule has 72 valence electrons. The van der Waals surface area contributed by atoms with Gasteiger partial charge in [-0.05, 0) is 13.1 Å². The molecule has 0 bridgehead atoms. The molecule has 3 heteroatoms. The summed E-state index contributed by atoms with van der Waals surface area (Å²) in [4.78, 5) is 4.95. The fourth-order valence-electron chi connectivity index (χ4n) is 1.88. The van der Waals surface area contributed by atoms with Crippen LogP contribution >= 0.6 is 0 Å². The Morgan fingerprint density at radius 1 is 1.25 bits per heavy atom. The molecule has 0 aliphatic carbocycles. The van der Waals surface area contributed by atoms with Crippen LogP contribution in [0.2, 0.25) is 0 Å². The highest BCUT2D eigenvalue weighted by Gasteiger charge is 2.23. The minimum atomic E-state index is 0.587. The van der Waals surface area contributed by atoms with Crippen LogP contribution in [0.5, 0.6) is 0 Å². The van der Waals surface area contributed by atoms with E-state index in [0.29, 0.717) is 6.04 Å². The summed E-state index contributed by atoms with van der Waals surface area (Å²) in [5, 5.41) is 0. The van der Waals surface area contributed by atoms with Crippen molar-refractivity contribution >= 4 is 0 Å². The highest BCUT2D eigenvalue weighted by Crippen LogP contribution is 2.07. The Labute approximate surface area is 75.5 Å². The molecular weight excluding hydrogens is 150 g/mol. The van der Waals surface area contributed by atoms with Gasteiger partial charge in [-0.1, -0.05) is 13.8 Å². The van der Waals surface area contributed by atoms with Gasteiger partial charge in [-0.3, -0.25) is 4.90 Å². The van der Waals surface area contributed by atoms with E-state index < -0.39 is 0 Å². The maximum Gasteiger partial charge on any atom is 0.0346 e. The maximum atomic E-state index is 5.72. The lowest BCUT2D eigenvalue weighted by Gasteiger charge is -2.40. The molecule has 12 heavy (non-hydrogen) atoms. The molecule has 3 nitrogen and oxygen atoms in total.